The largest absolute Gasteiger partial charge is 0.416 e. The number of carbonyl (C=O) groups excluding carboxylic acids is 1. The first-order chi connectivity index (χ1) is 8.36. The summed E-state index contributed by atoms with van der Waals surface area (Å²) >= 11 is 5.50. The first-order valence-corrected chi connectivity index (χ1v) is 5.88. The van der Waals surface area contributed by atoms with Gasteiger partial charge in [-0.15, -0.1) is 11.6 Å². The Bertz CT molecular complexity index is 403. The second-order valence-electron chi connectivity index (χ2n) is 3.84. The van der Waals surface area contributed by atoms with Gasteiger partial charge in [-0.1, -0.05) is 0 Å². The van der Waals surface area contributed by atoms with Crippen LogP contribution in [-0.4, -0.2) is 30.3 Å². The van der Waals surface area contributed by atoms with E-state index < -0.39 is 11.7 Å². The average molecular weight is 280 g/mol. The third kappa shape index (κ3) is 3.91. The molecule has 6 heteroatoms. The number of hydrogen-bond acceptors (Lipinski definition) is 1. The van der Waals surface area contributed by atoms with Crippen LogP contribution in [0.25, 0.3) is 0 Å². The van der Waals surface area contributed by atoms with Crippen LogP contribution >= 0.6 is 11.6 Å². The highest BCUT2D eigenvalue weighted by molar-refractivity contribution is 6.17. The molecule has 2 nitrogen and oxygen atoms in total. The van der Waals surface area contributed by atoms with Gasteiger partial charge in [0, 0.05) is 25.0 Å². The van der Waals surface area contributed by atoms with E-state index in [-0.39, 0.29) is 11.5 Å². The molecule has 100 valence electrons. The summed E-state index contributed by atoms with van der Waals surface area (Å²) in [7, 11) is 1.59. The average Bonchev–Trinajstić information content (AvgIpc) is 2.34. The molecule has 0 fully saturated rings. The lowest BCUT2D eigenvalue weighted by Gasteiger charge is -2.16. The Morgan fingerprint density at radius 2 is 1.83 bits per heavy atom. The first kappa shape index (κ1) is 14.8. The summed E-state index contributed by atoms with van der Waals surface area (Å²) in [5, 5.41) is 0. The van der Waals surface area contributed by atoms with Crippen molar-refractivity contribution in [2.45, 2.75) is 12.6 Å². The fourth-order valence-electron chi connectivity index (χ4n) is 1.42. The third-order valence-corrected chi connectivity index (χ3v) is 2.70. The zero-order valence-corrected chi connectivity index (χ0v) is 10.6. The van der Waals surface area contributed by atoms with E-state index in [1.54, 1.807) is 7.05 Å². The molecule has 0 aliphatic rings. The molecule has 0 radical (unpaired) electrons. The van der Waals surface area contributed by atoms with Gasteiger partial charge in [-0.3, -0.25) is 4.79 Å². The van der Waals surface area contributed by atoms with E-state index in [0.717, 1.165) is 12.1 Å². The van der Waals surface area contributed by atoms with Crippen molar-refractivity contribution in [3.05, 3.63) is 35.4 Å². The topological polar surface area (TPSA) is 20.3 Å². The molecule has 1 aromatic rings. The van der Waals surface area contributed by atoms with Crippen molar-refractivity contribution in [3.63, 3.8) is 0 Å². The lowest BCUT2D eigenvalue weighted by atomic mass is 10.1. The number of amides is 1. The van der Waals surface area contributed by atoms with Gasteiger partial charge in [-0.2, -0.15) is 13.2 Å². The highest BCUT2D eigenvalue weighted by Gasteiger charge is 2.30. The van der Waals surface area contributed by atoms with Crippen LogP contribution in [0, 0.1) is 0 Å². The number of nitrogens with zero attached hydrogens (tertiary/aromatic N) is 1. The molecule has 0 heterocycles. The van der Waals surface area contributed by atoms with Crippen molar-refractivity contribution in [2.24, 2.45) is 0 Å². The summed E-state index contributed by atoms with van der Waals surface area (Å²) in [4.78, 5) is 13.2. The summed E-state index contributed by atoms with van der Waals surface area (Å²) in [5.41, 5.74) is -0.525. The maximum absolute atomic E-state index is 12.3. The van der Waals surface area contributed by atoms with Crippen molar-refractivity contribution in [2.75, 3.05) is 19.5 Å². The Labute approximate surface area is 108 Å². The summed E-state index contributed by atoms with van der Waals surface area (Å²) in [5.74, 6) is 0.124. The molecule has 0 N–H and O–H groups in total. The standard InChI is InChI=1S/C12H13ClF3NO/c1-17(8-2-7-13)11(18)9-3-5-10(6-4-9)12(14,15)16/h3-6H,2,7-8H2,1H3. The van der Waals surface area contributed by atoms with Crippen LogP contribution in [0.4, 0.5) is 13.2 Å². The maximum Gasteiger partial charge on any atom is 0.416 e. The number of carbonyl (C=O) groups is 1. The number of benzene rings is 1. The van der Waals surface area contributed by atoms with Crippen molar-refractivity contribution >= 4 is 17.5 Å². The zero-order valence-electron chi connectivity index (χ0n) is 9.80. The molecule has 0 saturated carbocycles. The second-order valence-corrected chi connectivity index (χ2v) is 4.22. The Morgan fingerprint density at radius 1 is 1.28 bits per heavy atom. The quantitative estimate of drug-likeness (QED) is 0.774. The van der Waals surface area contributed by atoms with E-state index in [4.69, 9.17) is 11.6 Å². The van der Waals surface area contributed by atoms with Crippen LogP contribution in [0.5, 0.6) is 0 Å². The van der Waals surface area contributed by atoms with Crippen LogP contribution in [0.3, 0.4) is 0 Å². The minimum atomic E-state index is -4.38. The fraction of sp³-hybridized carbons (Fsp3) is 0.417. The van der Waals surface area contributed by atoms with E-state index in [1.807, 2.05) is 0 Å². The summed E-state index contributed by atoms with van der Waals surface area (Å²) < 4.78 is 37.0. The minimum absolute atomic E-state index is 0.236. The lowest BCUT2D eigenvalue weighted by Crippen LogP contribution is -2.28. The van der Waals surface area contributed by atoms with E-state index in [2.05, 4.69) is 0 Å². The van der Waals surface area contributed by atoms with Crippen LogP contribution in [0.2, 0.25) is 0 Å². The van der Waals surface area contributed by atoms with Crippen molar-refractivity contribution in [3.8, 4) is 0 Å². The minimum Gasteiger partial charge on any atom is -0.342 e. The number of alkyl halides is 4. The van der Waals surface area contributed by atoms with E-state index in [9.17, 15) is 18.0 Å². The van der Waals surface area contributed by atoms with Crippen LogP contribution in [-0.2, 0) is 6.18 Å². The Kier molecular flexibility index (Phi) is 5.02. The van der Waals surface area contributed by atoms with Gasteiger partial charge in [-0.25, -0.2) is 0 Å². The molecule has 1 rings (SSSR count). The molecule has 1 aromatic carbocycles. The summed E-state index contributed by atoms with van der Waals surface area (Å²) in [6.45, 7) is 0.476. The molecular weight excluding hydrogens is 267 g/mol. The number of halogens is 4. The predicted octanol–water partition coefficient (Wildman–Crippen LogP) is 3.41. The molecule has 0 unspecified atom stereocenters. The normalized spacial score (nSPS) is 11.4. The van der Waals surface area contributed by atoms with E-state index >= 15 is 0 Å². The second kappa shape index (κ2) is 6.09. The summed E-state index contributed by atoms with van der Waals surface area (Å²) in [6.07, 6.45) is -3.74. The molecule has 1 amide bonds. The fourth-order valence-corrected chi connectivity index (χ4v) is 1.54. The highest BCUT2D eigenvalue weighted by atomic mass is 35.5. The number of hydrogen-bond donors (Lipinski definition) is 0. The molecule has 0 aliphatic carbocycles. The molecule has 0 aromatic heterocycles. The molecule has 0 spiro atoms. The van der Waals surface area contributed by atoms with Gasteiger partial charge in [0.1, 0.15) is 0 Å². The van der Waals surface area contributed by atoms with Crippen LogP contribution in [0.1, 0.15) is 22.3 Å². The first-order valence-electron chi connectivity index (χ1n) is 5.35. The van der Waals surface area contributed by atoms with E-state index in [1.165, 1.54) is 17.0 Å². The molecule has 0 bridgehead atoms. The Morgan fingerprint density at radius 3 is 2.28 bits per heavy atom. The highest BCUT2D eigenvalue weighted by Crippen LogP contribution is 2.29. The van der Waals surface area contributed by atoms with Gasteiger partial charge >= 0.3 is 6.18 Å². The van der Waals surface area contributed by atoms with Crippen LogP contribution in [0.15, 0.2) is 24.3 Å². The van der Waals surface area contributed by atoms with Gasteiger partial charge in [-0.05, 0) is 30.7 Å². The maximum atomic E-state index is 12.3. The number of rotatable bonds is 4. The molecule has 0 atom stereocenters. The van der Waals surface area contributed by atoms with E-state index in [0.29, 0.717) is 18.8 Å². The monoisotopic (exact) mass is 279 g/mol. The molecular formula is C12H13ClF3NO. The van der Waals surface area contributed by atoms with Gasteiger partial charge in [0.25, 0.3) is 5.91 Å². The van der Waals surface area contributed by atoms with Gasteiger partial charge < -0.3 is 4.90 Å². The van der Waals surface area contributed by atoms with Crippen molar-refractivity contribution in [1.29, 1.82) is 0 Å². The third-order valence-electron chi connectivity index (χ3n) is 2.43. The molecule has 0 saturated heterocycles. The van der Waals surface area contributed by atoms with Crippen molar-refractivity contribution < 1.29 is 18.0 Å². The van der Waals surface area contributed by atoms with Gasteiger partial charge in [0.15, 0.2) is 0 Å². The Balaban J connectivity index is 2.76. The van der Waals surface area contributed by atoms with Crippen molar-refractivity contribution in [1.82, 2.24) is 4.90 Å². The van der Waals surface area contributed by atoms with Gasteiger partial charge in [0.2, 0.25) is 0 Å². The molecule has 18 heavy (non-hydrogen) atoms. The molecule has 0 aliphatic heterocycles. The van der Waals surface area contributed by atoms with Gasteiger partial charge in [0.05, 0.1) is 5.56 Å². The van der Waals surface area contributed by atoms with Crippen LogP contribution < -0.4 is 0 Å². The SMILES string of the molecule is CN(CCCCl)C(=O)c1ccc(C(F)(F)F)cc1. The smallest absolute Gasteiger partial charge is 0.342 e. The predicted molar refractivity (Wildman–Crippen MR) is 63.7 cm³/mol. The zero-order chi connectivity index (χ0) is 13.8. The lowest BCUT2D eigenvalue weighted by molar-refractivity contribution is -0.137. The Hall–Kier alpha value is -1.23. The summed E-state index contributed by atoms with van der Waals surface area (Å²) in [6, 6.07) is 4.18.